The minimum Gasteiger partial charge on any atom is -0.454 e. The first-order valence-electron chi connectivity index (χ1n) is 8.34. The predicted molar refractivity (Wildman–Crippen MR) is 90.6 cm³/mol. The van der Waals surface area contributed by atoms with Gasteiger partial charge in [-0.25, -0.2) is 0 Å². The summed E-state index contributed by atoms with van der Waals surface area (Å²) in [6.07, 6.45) is -5.02. The number of amides is 1. The van der Waals surface area contributed by atoms with Gasteiger partial charge in [0.25, 0.3) is 11.5 Å². The van der Waals surface area contributed by atoms with Gasteiger partial charge < -0.3 is 19.9 Å². The highest BCUT2D eigenvalue weighted by atomic mass is 19.4. The molecule has 12 heteroatoms. The van der Waals surface area contributed by atoms with Crippen molar-refractivity contribution < 1.29 is 42.3 Å². The largest absolute Gasteiger partial charge is 0.573 e. The molecule has 9 nitrogen and oxygen atoms in total. The van der Waals surface area contributed by atoms with E-state index in [1.54, 1.807) is 0 Å². The van der Waals surface area contributed by atoms with Crippen LogP contribution in [-0.2, 0) is 16.1 Å². The number of alkyl halides is 3. The number of halogens is 3. The van der Waals surface area contributed by atoms with Crippen LogP contribution >= 0.6 is 0 Å². The summed E-state index contributed by atoms with van der Waals surface area (Å²) in [4.78, 5) is 35.9. The van der Waals surface area contributed by atoms with E-state index in [9.17, 15) is 38.0 Å². The number of ether oxygens (including phenoxy) is 2. The number of nitro benzene ring substituents is 1. The van der Waals surface area contributed by atoms with Crippen LogP contribution in [0.1, 0.15) is 28.4 Å². The maximum atomic E-state index is 13.3. The Kier molecular flexibility index (Phi) is 3.87. The van der Waals surface area contributed by atoms with E-state index in [-0.39, 0.29) is 11.1 Å². The molecular formula is C18H11F3N2O7. The molecular weight excluding hydrogens is 413 g/mol. The summed E-state index contributed by atoms with van der Waals surface area (Å²) in [6, 6.07) is 6.12. The van der Waals surface area contributed by atoms with Crippen molar-refractivity contribution in [2.45, 2.75) is 24.6 Å². The number of carbonyl (C=O) groups excluding carboxylic acids is 2. The summed E-state index contributed by atoms with van der Waals surface area (Å²) in [7, 11) is 0. The van der Waals surface area contributed by atoms with Crippen molar-refractivity contribution in [1.29, 1.82) is 0 Å². The summed E-state index contributed by atoms with van der Waals surface area (Å²) >= 11 is 0. The van der Waals surface area contributed by atoms with Gasteiger partial charge in [-0.15, -0.1) is 13.2 Å². The average molecular weight is 424 g/mol. The normalized spacial score (nSPS) is 23.8. The van der Waals surface area contributed by atoms with Gasteiger partial charge in [-0.3, -0.25) is 19.7 Å². The maximum Gasteiger partial charge on any atom is 0.573 e. The lowest BCUT2D eigenvalue weighted by atomic mass is 9.82. The Bertz CT molecular complexity index is 1130. The highest BCUT2D eigenvalue weighted by Gasteiger charge is 2.73. The van der Waals surface area contributed by atoms with Gasteiger partial charge in [0, 0.05) is 30.2 Å². The van der Waals surface area contributed by atoms with E-state index in [2.05, 4.69) is 10.1 Å². The fourth-order valence-electron chi connectivity index (χ4n) is 3.94. The van der Waals surface area contributed by atoms with Crippen LogP contribution in [-0.4, -0.2) is 28.1 Å². The second kappa shape index (κ2) is 5.92. The van der Waals surface area contributed by atoms with E-state index in [4.69, 9.17) is 4.74 Å². The van der Waals surface area contributed by atoms with E-state index < -0.39 is 57.1 Å². The van der Waals surface area contributed by atoms with Crippen molar-refractivity contribution in [3.05, 3.63) is 63.2 Å². The SMILES string of the molecule is CC(=O)NC12C(=O)c3cccc([N+](=O)[O-])c3C1(O)Oc1cc(OC(F)(F)F)ccc12. The molecule has 0 radical (unpaired) electrons. The van der Waals surface area contributed by atoms with Gasteiger partial charge in [-0.05, 0) is 12.1 Å². The number of benzene rings is 2. The molecule has 30 heavy (non-hydrogen) atoms. The zero-order chi connectivity index (χ0) is 22.1. The van der Waals surface area contributed by atoms with Crippen molar-refractivity contribution in [3.63, 3.8) is 0 Å². The quantitative estimate of drug-likeness (QED) is 0.571. The van der Waals surface area contributed by atoms with Crippen LogP contribution in [0.3, 0.4) is 0 Å². The van der Waals surface area contributed by atoms with Gasteiger partial charge in [0.15, 0.2) is 0 Å². The van der Waals surface area contributed by atoms with E-state index in [1.165, 1.54) is 12.1 Å². The molecule has 156 valence electrons. The van der Waals surface area contributed by atoms with Crippen LogP contribution in [0.2, 0.25) is 0 Å². The van der Waals surface area contributed by atoms with Crippen molar-refractivity contribution in [2.24, 2.45) is 0 Å². The van der Waals surface area contributed by atoms with Gasteiger partial charge in [0.2, 0.25) is 17.2 Å². The number of hydrogen-bond acceptors (Lipinski definition) is 7. The summed E-state index contributed by atoms with van der Waals surface area (Å²) in [5, 5.41) is 25.2. The molecule has 2 unspecified atom stereocenters. The molecule has 1 aliphatic carbocycles. The third-order valence-electron chi connectivity index (χ3n) is 4.88. The zero-order valence-electron chi connectivity index (χ0n) is 14.9. The Morgan fingerprint density at radius 1 is 1.30 bits per heavy atom. The first kappa shape index (κ1) is 19.6. The Hall–Kier alpha value is -3.67. The third kappa shape index (κ3) is 2.46. The van der Waals surface area contributed by atoms with Gasteiger partial charge in [0.05, 0.1) is 4.92 Å². The average Bonchev–Trinajstić information content (AvgIpc) is 2.96. The number of carbonyl (C=O) groups is 2. The monoisotopic (exact) mass is 424 g/mol. The lowest BCUT2D eigenvalue weighted by Gasteiger charge is -2.33. The standard InChI is InChI=1S/C18H11F3N2O7/c1-8(24)22-16-11-6-5-9(29-18(19,20)21)7-13(11)30-17(16,26)14-10(15(16)25)3-2-4-12(14)23(27)28/h2-7,26H,1H3,(H,22,24). The van der Waals surface area contributed by atoms with Crippen LogP contribution in [0.15, 0.2) is 36.4 Å². The van der Waals surface area contributed by atoms with Gasteiger partial charge in [-0.1, -0.05) is 12.1 Å². The number of ketones is 1. The number of nitrogens with zero attached hydrogens (tertiary/aromatic N) is 1. The molecule has 0 saturated heterocycles. The molecule has 2 atom stereocenters. The van der Waals surface area contributed by atoms with E-state index >= 15 is 0 Å². The molecule has 0 fully saturated rings. The van der Waals surface area contributed by atoms with E-state index in [0.717, 1.165) is 31.2 Å². The van der Waals surface area contributed by atoms with Crippen molar-refractivity contribution >= 4 is 17.4 Å². The maximum absolute atomic E-state index is 13.3. The van der Waals surface area contributed by atoms with Gasteiger partial charge >= 0.3 is 6.36 Å². The second-order valence-corrected chi connectivity index (χ2v) is 6.67. The first-order valence-corrected chi connectivity index (χ1v) is 8.34. The lowest BCUT2D eigenvalue weighted by molar-refractivity contribution is -0.388. The van der Waals surface area contributed by atoms with Crippen LogP contribution in [0, 0.1) is 10.1 Å². The minimum atomic E-state index is -5.02. The van der Waals surface area contributed by atoms with Crippen LogP contribution in [0.5, 0.6) is 11.5 Å². The molecule has 0 aromatic heterocycles. The molecule has 2 aromatic rings. The second-order valence-electron chi connectivity index (χ2n) is 6.67. The Morgan fingerprint density at radius 3 is 2.60 bits per heavy atom. The van der Waals surface area contributed by atoms with Crippen molar-refractivity contribution in [3.8, 4) is 11.5 Å². The molecule has 2 aromatic carbocycles. The predicted octanol–water partition coefficient (Wildman–Crippen LogP) is 2.26. The number of hydrogen-bond donors (Lipinski definition) is 2. The molecule has 4 rings (SSSR count). The molecule has 2 aliphatic rings. The number of Topliss-reactive ketones (excluding diaryl/α,β-unsaturated/α-hetero) is 1. The van der Waals surface area contributed by atoms with Crippen LogP contribution < -0.4 is 14.8 Å². The summed E-state index contributed by atoms with van der Waals surface area (Å²) in [6.45, 7) is 1.04. The van der Waals surface area contributed by atoms with Crippen molar-refractivity contribution in [2.75, 3.05) is 0 Å². The molecule has 1 amide bonds. The highest BCUT2D eigenvalue weighted by molar-refractivity contribution is 6.13. The molecule has 1 aliphatic heterocycles. The number of fused-ring (bicyclic) bond motifs is 5. The Labute approximate surface area is 165 Å². The number of aliphatic hydroxyl groups is 1. The minimum absolute atomic E-state index is 0.176. The molecule has 1 heterocycles. The number of nitrogens with one attached hydrogen (secondary N) is 1. The number of nitro groups is 1. The van der Waals surface area contributed by atoms with E-state index in [1.807, 2.05) is 0 Å². The van der Waals surface area contributed by atoms with E-state index in [0.29, 0.717) is 0 Å². The summed E-state index contributed by atoms with van der Waals surface area (Å²) in [5.74, 6) is -5.59. The molecule has 0 spiro atoms. The third-order valence-corrected chi connectivity index (χ3v) is 4.88. The Balaban J connectivity index is 1.98. The smallest absolute Gasteiger partial charge is 0.454 e. The first-order chi connectivity index (χ1) is 13.9. The summed E-state index contributed by atoms with van der Waals surface area (Å²) < 4.78 is 46.9. The van der Waals surface area contributed by atoms with Crippen LogP contribution in [0.25, 0.3) is 0 Å². The van der Waals surface area contributed by atoms with Crippen molar-refractivity contribution in [1.82, 2.24) is 5.32 Å². The zero-order valence-corrected chi connectivity index (χ0v) is 14.9. The van der Waals surface area contributed by atoms with Crippen LogP contribution in [0.4, 0.5) is 18.9 Å². The molecule has 0 saturated carbocycles. The number of rotatable bonds is 3. The highest BCUT2D eigenvalue weighted by Crippen LogP contribution is 2.60. The summed E-state index contributed by atoms with van der Waals surface area (Å²) in [5.41, 5.74) is -3.94. The Morgan fingerprint density at radius 2 is 2.00 bits per heavy atom. The molecule has 2 N–H and O–H groups in total. The lowest BCUT2D eigenvalue weighted by Crippen LogP contribution is -2.59. The van der Waals surface area contributed by atoms with Gasteiger partial charge in [0.1, 0.15) is 17.1 Å². The fourth-order valence-corrected chi connectivity index (χ4v) is 3.94. The fraction of sp³-hybridized carbons (Fsp3) is 0.222. The molecule has 0 bridgehead atoms. The van der Waals surface area contributed by atoms with Gasteiger partial charge in [-0.2, -0.15) is 0 Å². The topological polar surface area (TPSA) is 128 Å².